The third-order valence-corrected chi connectivity index (χ3v) is 2.68. The number of hydrogen-bond donors (Lipinski definition) is 3. The van der Waals surface area contributed by atoms with Gasteiger partial charge in [0.15, 0.2) is 11.5 Å². The summed E-state index contributed by atoms with van der Waals surface area (Å²) >= 11 is 0. The smallest absolute Gasteiger partial charge is 0.382 e. The molecule has 0 aliphatic rings. The maximum absolute atomic E-state index is 12.6. The number of rotatable bonds is 2. The Morgan fingerprint density at radius 1 is 1.04 bits per heavy atom. The van der Waals surface area contributed by atoms with Gasteiger partial charge >= 0.3 is 6.18 Å². The zero-order valence-corrected chi connectivity index (χ0v) is 11.4. The van der Waals surface area contributed by atoms with Crippen LogP contribution < -0.4 is 16.6 Å². The molecule has 7 nitrogen and oxygen atoms in total. The lowest BCUT2D eigenvalue weighted by Gasteiger charge is -2.10. The van der Waals surface area contributed by atoms with E-state index < -0.39 is 23.6 Å². The number of hydrogen-bond acceptors (Lipinski definition) is 5. The second-order valence-corrected chi connectivity index (χ2v) is 4.28. The van der Waals surface area contributed by atoms with Gasteiger partial charge in [-0.25, -0.2) is 9.97 Å². The summed E-state index contributed by atoms with van der Waals surface area (Å²) in [5.41, 5.74) is 7.93. The van der Waals surface area contributed by atoms with Gasteiger partial charge in [-0.2, -0.15) is 13.2 Å². The van der Waals surface area contributed by atoms with Crippen LogP contribution in [0.1, 0.15) is 26.4 Å². The predicted octanol–water partition coefficient (Wildman–Crippen LogP) is 1.15. The van der Waals surface area contributed by atoms with Crippen molar-refractivity contribution in [2.24, 2.45) is 0 Å². The Labute approximate surface area is 127 Å². The number of nitrogen functional groups attached to an aromatic ring is 1. The minimum Gasteiger partial charge on any atom is -0.382 e. The molecule has 2 rings (SSSR count). The van der Waals surface area contributed by atoms with E-state index in [1.54, 1.807) is 0 Å². The van der Waals surface area contributed by atoms with Crippen LogP contribution in [0, 0.1) is 0 Å². The number of nitrogens with one attached hydrogen (secondary N) is 2. The molecular formula is C13H10F3N5O2. The number of alkyl halides is 3. The molecule has 2 aromatic rings. The summed E-state index contributed by atoms with van der Waals surface area (Å²) in [5.74, 6) is -1.93. The van der Waals surface area contributed by atoms with Gasteiger partial charge in [-0.15, -0.1) is 0 Å². The van der Waals surface area contributed by atoms with E-state index in [4.69, 9.17) is 5.73 Å². The molecule has 0 saturated carbocycles. The van der Waals surface area contributed by atoms with Crippen molar-refractivity contribution >= 4 is 17.6 Å². The first-order chi connectivity index (χ1) is 10.8. The van der Waals surface area contributed by atoms with Gasteiger partial charge in [-0.05, 0) is 18.2 Å². The Bertz CT molecular complexity index is 748. The lowest BCUT2D eigenvalue weighted by atomic mass is 10.1. The SMILES string of the molecule is Nc1nccnc1C(=O)NNC(=O)c1cccc(C(F)(F)F)c1. The second-order valence-electron chi connectivity index (χ2n) is 4.28. The first-order valence-corrected chi connectivity index (χ1v) is 6.13. The van der Waals surface area contributed by atoms with Crippen molar-refractivity contribution in [3.05, 3.63) is 53.5 Å². The number of anilines is 1. The van der Waals surface area contributed by atoms with Crippen molar-refractivity contribution in [1.29, 1.82) is 0 Å². The van der Waals surface area contributed by atoms with Crippen LogP contribution in [-0.2, 0) is 6.18 Å². The molecule has 10 heteroatoms. The van der Waals surface area contributed by atoms with Crippen LogP contribution in [0.25, 0.3) is 0 Å². The fourth-order valence-corrected chi connectivity index (χ4v) is 1.61. The Balaban J connectivity index is 2.06. The highest BCUT2D eigenvalue weighted by Crippen LogP contribution is 2.29. The van der Waals surface area contributed by atoms with Gasteiger partial charge in [0.05, 0.1) is 5.56 Å². The van der Waals surface area contributed by atoms with Gasteiger partial charge in [0.2, 0.25) is 0 Å². The summed E-state index contributed by atoms with van der Waals surface area (Å²) in [7, 11) is 0. The molecule has 0 unspecified atom stereocenters. The van der Waals surface area contributed by atoms with E-state index in [0.29, 0.717) is 6.07 Å². The number of aromatic nitrogens is 2. The molecule has 4 N–H and O–H groups in total. The summed E-state index contributed by atoms with van der Waals surface area (Å²) in [6, 6.07) is 3.75. The average Bonchev–Trinajstić information content (AvgIpc) is 2.52. The van der Waals surface area contributed by atoms with Crippen molar-refractivity contribution in [3.63, 3.8) is 0 Å². The number of halogens is 3. The fraction of sp³-hybridized carbons (Fsp3) is 0.0769. The average molecular weight is 325 g/mol. The monoisotopic (exact) mass is 325 g/mol. The third kappa shape index (κ3) is 3.93. The van der Waals surface area contributed by atoms with Crippen molar-refractivity contribution in [2.45, 2.75) is 6.18 Å². The topological polar surface area (TPSA) is 110 Å². The number of benzene rings is 1. The lowest BCUT2D eigenvalue weighted by Crippen LogP contribution is -2.42. The summed E-state index contributed by atoms with van der Waals surface area (Å²) in [5, 5.41) is 0. The molecule has 1 aromatic heterocycles. The van der Waals surface area contributed by atoms with Gasteiger partial charge in [-0.3, -0.25) is 20.4 Å². The van der Waals surface area contributed by atoms with Crippen molar-refractivity contribution in [3.8, 4) is 0 Å². The molecule has 1 heterocycles. The summed E-state index contributed by atoms with van der Waals surface area (Å²) in [6.07, 6.45) is -2.08. The van der Waals surface area contributed by atoms with Crippen molar-refractivity contribution in [2.75, 3.05) is 5.73 Å². The van der Waals surface area contributed by atoms with Crippen LogP contribution in [0.2, 0.25) is 0 Å². The normalized spacial score (nSPS) is 10.9. The molecule has 0 spiro atoms. The number of nitrogens with two attached hydrogens (primary N) is 1. The summed E-state index contributed by atoms with van der Waals surface area (Å²) in [4.78, 5) is 30.8. The van der Waals surface area contributed by atoms with Gasteiger partial charge < -0.3 is 5.73 Å². The zero-order valence-electron chi connectivity index (χ0n) is 11.4. The molecule has 0 bridgehead atoms. The van der Waals surface area contributed by atoms with Gasteiger partial charge in [0.25, 0.3) is 11.8 Å². The van der Waals surface area contributed by atoms with Crippen LogP contribution in [0.5, 0.6) is 0 Å². The van der Waals surface area contributed by atoms with Crippen LogP contribution in [0.3, 0.4) is 0 Å². The number of nitrogens with zero attached hydrogens (tertiary/aromatic N) is 2. The predicted molar refractivity (Wildman–Crippen MR) is 72.8 cm³/mol. The maximum Gasteiger partial charge on any atom is 0.416 e. The molecule has 2 amide bonds. The minimum absolute atomic E-state index is 0.154. The van der Waals surface area contributed by atoms with E-state index in [2.05, 4.69) is 9.97 Å². The summed E-state index contributed by atoms with van der Waals surface area (Å²) < 4.78 is 37.7. The number of carbonyl (C=O) groups is 2. The van der Waals surface area contributed by atoms with E-state index in [1.165, 1.54) is 18.5 Å². The quantitative estimate of drug-likeness (QED) is 0.718. The lowest BCUT2D eigenvalue weighted by molar-refractivity contribution is -0.137. The maximum atomic E-state index is 12.6. The summed E-state index contributed by atoms with van der Waals surface area (Å²) in [6.45, 7) is 0. The standard InChI is InChI=1S/C13H10F3N5O2/c14-13(15,16)8-3-1-2-7(6-8)11(22)20-21-12(23)9-10(17)19-5-4-18-9/h1-6H,(H2,17,19)(H,20,22)(H,21,23). The molecule has 0 aliphatic carbocycles. The Morgan fingerprint density at radius 2 is 1.70 bits per heavy atom. The molecule has 1 aromatic carbocycles. The van der Waals surface area contributed by atoms with Crippen LogP contribution in [-0.4, -0.2) is 21.8 Å². The Morgan fingerprint density at radius 3 is 2.35 bits per heavy atom. The highest BCUT2D eigenvalue weighted by molar-refractivity contribution is 6.00. The number of hydrazine groups is 1. The highest BCUT2D eigenvalue weighted by Gasteiger charge is 2.30. The molecule has 0 radical (unpaired) electrons. The molecule has 23 heavy (non-hydrogen) atoms. The van der Waals surface area contributed by atoms with Gasteiger partial charge in [0, 0.05) is 18.0 Å². The number of amides is 2. The van der Waals surface area contributed by atoms with Gasteiger partial charge in [0.1, 0.15) is 0 Å². The van der Waals surface area contributed by atoms with E-state index in [-0.39, 0.29) is 17.1 Å². The molecule has 0 saturated heterocycles. The highest BCUT2D eigenvalue weighted by atomic mass is 19.4. The molecule has 0 atom stereocenters. The zero-order chi connectivity index (χ0) is 17.0. The molecule has 0 aliphatic heterocycles. The third-order valence-electron chi connectivity index (χ3n) is 2.68. The van der Waals surface area contributed by atoms with E-state index >= 15 is 0 Å². The van der Waals surface area contributed by atoms with Crippen molar-refractivity contribution in [1.82, 2.24) is 20.8 Å². The number of carbonyl (C=O) groups excluding carboxylic acids is 2. The Kier molecular flexibility index (Phi) is 4.44. The first kappa shape index (κ1) is 16.2. The second kappa shape index (κ2) is 6.30. The molecule has 120 valence electrons. The van der Waals surface area contributed by atoms with Crippen molar-refractivity contribution < 1.29 is 22.8 Å². The van der Waals surface area contributed by atoms with E-state index in [0.717, 1.165) is 12.1 Å². The van der Waals surface area contributed by atoms with Crippen LogP contribution >= 0.6 is 0 Å². The molecular weight excluding hydrogens is 315 g/mol. The fourth-order valence-electron chi connectivity index (χ4n) is 1.61. The van der Waals surface area contributed by atoms with E-state index in [9.17, 15) is 22.8 Å². The van der Waals surface area contributed by atoms with Gasteiger partial charge in [-0.1, -0.05) is 6.07 Å². The largest absolute Gasteiger partial charge is 0.416 e. The minimum atomic E-state index is -4.58. The van der Waals surface area contributed by atoms with Crippen LogP contribution in [0.15, 0.2) is 36.7 Å². The van der Waals surface area contributed by atoms with E-state index in [1.807, 2.05) is 10.9 Å². The van der Waals surface area contributed by atoms with Crippen LogP contribution in [0.4, 0.5) is 19.0 Å². The first-order valence-electron chi connectivity index (χ1n) is 6.13. The molecule has 0 fully saturated rings. The Hall–Kier alpha value is -3.17.